The second kappa shape index (κ2) is 6.96. The quantitative estimate of drug-likeness (QED) is 0.607. The van der Waals surface area contributed by atoms with Gasteiger partial charge >= 0.3 is 12.0 Å². The zero-order chi connectivity index (χ0) is 14.4. The smallest absolute Gasteiger partial charge is 0.326 e. The molecule has 0 aromatic rings. The van der Waals surface area contributed by atoms with Crippen molar-refractivity contribution in [2.24, 2.45) is 5.92 Å². The molecule has 0 aliphatic heterocycles. The normalized spacial score (nSPS) is 15.5. The van der Waals surface area contributed by atoms with Gasteiger partial charge in [0.05, 0.1) is 0 Å². The first kappa shape index (κ1) is 15.3. The number of carbonyl (C=O) groups excluding carboxylic acids is 2. The summed E-state index contributed by atoms with van der Waals surface area (Å²) in [4.78, 5) is 35.4. The number of urea groups is 1. The van der Waals surface area contributed by atoms with Gasteiger partial charge in [0.25, 0.3) is 0 Å². The van der Waals surface area contributed by atoms with E-state index >= 15 is 0 Å². The Bertz CT molecular complexity index is 355. The van der Waals surface area contributed by atoms with Crippen molar-refractivity contribution in [3.05, 3.63) is 0 Å². The number of hydrogen-bond acceptors (Lipinski definition) is 3. The molecule has 0 aromatic heterocycles. The first-order valence-electron chi connectivity index (χ1n) is 6.46. The molecule has 1 aliphatic carbocycles. The van der Waals surface area contributed by atoms with Crippen LogP contribution in [0.3, 0.4) is 0 Å². The lowest BCUT2D eigenvalue weighted by Crippen LogP contribution is -2.50. The van der Waals surface area contributed by atoms with Crippen LogP contribution < -0.4 is 10.6 Å². The van der Waals surface area contributed by atoms with Crippen molar-refractivity contribution in [1.29, 1.82) is 0 Å². The lowest BCUT2D eigenvalue weighted by atomic mass is 10.2. The van der Waals surface area contributed by atoms with E-state index in [0.29, 0.717) is 6.54 Å². The van der Waals surface area contributed by atoms with Crippen molar-refractivity contribution >= 4 is 17.9 Å². The summed E-state index contributed by atoms with van der Waals surface area (Å²) in [5.74, 6) is -1.26. The Morgan fingerprint density at radius 2 is 2.00 bits per heavy atom. The SMILES string of the molecule is CCCNC(=O)CN(C)C(=O)NC(C(=O)O)C1CC1. The van der Waals surface area contributed by atoms with Crippen molar-refractivity contribution < 1.29 is 19.5 Å². The van der Waals surface area contributed by atoms with Crippen LogP contribution in [-0.4, -0.2) is 54.1 Å². The molecular formula is C12H21N3O4. The molecule has 3 amide bonds. The Morgan fingerprint density at radius 1 is 1.37 bits per heavy atom. The highest BCUT2D eigenvalue weighted by atomic mass is 16.4. The molecule has 1 aliphatic rings. The highest BCUT2D eigenvalue weighted by Gasteiger charge is 2.37. The minimum Gasteiger partial charge on any atom is -0.480 e. The number of rotatable bonds is 7. The molecule has 0 saturated heterocycles. The number of nitrogens with zero attached hydrogens (tertiary/aromatic N) is 1. The Kier molecular flexibility index (Phi) is 5.59. The summed E-state index contributed by atoms with van der Waals surface area (Å²) >= 11 is 0. The summed E-state index contributed by atoms with van der Waals surface area (Å²) in [5, 5.41) is 14.1. The second-order valence-corrected chi connectivity index (χ2v) is 4.81. The van der Waals surface area contributed by atoms with Gasteiger partial charge in [-0.2, -0.15) is 0 Å². The van der Waals surface area contributed by atoms with Gasteiger partial charge in [-0.1, -0.05) is 6.92 Å². The molecule has 1 unspecified atom stereocenters. The van der Waals surface area contributed by atoms with Crippen LogP contribution in [0.15, 0.2) is 0 Å². The van der Waals surface area contributed by atoms with Crippen LogP contribution in [0.4, 0.5) is 4.79 Å². The van der Waals surface area contributed by atoms with Crippen LogP contribution in [0.5, 0.6) is 0 Å². The van der Waals surface area contributed by atoms with E-state index < -0.39 is 18.0 Å². The van der Waals surface area contributed by atoms with Crippen molar-refractivity contribution in [2.75, 3.05) is 20.1 Å². The van der Waals surface area contributed by atoms with E-state index in [-0.39, 0.29) is 18.4 Å². The van der Waals surface area contributed by atoms with Gasteiger partial charge in [0.1, 0.15) is 12.6 Å². The fourth-order valence-electron chi connectivity index (χ4n) is 1.66. The summed E-state index contributed by atoms with van der Waals surface area (Å²) in [5.41, 5.74) is 0. The standard InChI is InChI=1S/C12H21N3O4/c1-3-6-13-9(16)7-15(2)12(19)14-10(11(17)18)8-4-5-8/h8,10H,3-7H2,1-2H3,(H,13,16)(H,14,19)(H,17,18). The van der Waals surface area contributed by atoms with E-state index in [1.165, 1.54) is 11.9 Å². The fourth-order valence-corrected chi connectivity index (χ4v) is 1.66. The summed E-state index contributed by atoms with van der Waals surface area (Å²) in [6.45, 7) is 2.42. The number of nitrogens with one attached hydrogen (secondary N) is 2. The lowest BCUT2D eigenvalue weighted by molar-refractivity contribution is -0.139. The van der Waals surface area contributed by atoms with Crippen molar-refractivity contribution in [3.63, 3.8) is 0 Å². The average Bonchev–Trinajstić information content (AvgIpc) is 3.16. The van der Waals surface area contributed by atoms with E-state index in [0.717, 1.165) is 19.3 Å². The van der Waals surface area contributed by atoms with Gasteiger partial charge in [0.15, 0.2) is 0 Å². The molecular weight excluding hydrogens is 250 g/mol. The molecule has 0 heterocycles. The third-order valence-corrected chi connectivity index (χ3v) is 2.94. The molecule has 0 spiro atoms. The van der Waals surface area contributed by atoms with Gasteiger partial charge in [-0.15, -0.1) is 0 Å². The average molecular weight is 271 g/mol. The molecule has 1 atom stereocenters. The van der Waals surface area contributed by atoms with Gasteiger partial charge in [-0.25, -0.2) is 9.59 Å². The van der Waals surface area contributed by atoms with Gasteiger partial charge in [0.2, 0.25) is 5.91 Å². The summed E-state index contributed by atoms with van der Waals surface area (Å²) < 4.78 is 0. The molecule has 0 aromatic carbocycles. The third kappa shape index (κ3) is 5.15. The highest BCUT2D eigenvalue weighted by Crippen LogP contribution is 2.32. The highest BCUT2D eigenvalue weighted by molar-refractivity contribution is 5.86. The number of carbonyl (C=O) groups is 3. The van der Waals surface area contributed by atoms with E-state index in [9.17, 15) is 14.4 Å². The van der Waals surface area contributed by atoms with E-state index in [1.54, 1.807) is 0 Å². The first-order chi connectivity index (χ1) is 8.95. The first-order valence-corrected chi connectivity index (χ1v) is 6.46. The molecule has 108 valence electrons. The van der Waals surface area contributed by atoms with Crippen LogP contribution in [0.25, 0.3) is 0 Å². The molecule has 7 nitrogen and oxygen atoms in total. The van der Waals surface area contributed by atoms with E-state index in [2.05, 4.69) is 10.6 Å². The predicted octanol–water partition coefficient (Wildman–Crippen LogP) is 0.0172. The van der Waals surface area contributed by atoms with Gasteiger partial charge in [-0.3, -0.25) is 4.79 Å². The maximum absolute atomic E-state index is 11.8. The number of amides is 3. The summed E-state index contributed by atoms with van der Waals surface area (Å²) in [7, 11) is 1.46. The third-order valence-electron chi connectivity index (χ3n) is 2.94. The van der Waals surface area contributed by atoms with Gasteiger partial charge in [-0.05, 0) is 25.2 Å². The largest absolute Gasteiger partial charge is 0.480 e. The molecule has 19 heavy (non-hydrogen) atoms. The van der Waals surface area contributed by atoms with E-state index in [4.69, 9.17) is 5.11 Å². The molecule has 3 N–H and O–H groups in total. The minimum absolute atomic E-state index is 0.0174. The molecule has 0 radical (unpaired) electrons. The van der Waals surface area contributed by atoms with Gasteiger partial charge < -0.3 is 20.6 Å². The minimum atomic E-state index is -1.03. The van der Waals surface area contributed by atoms with Crippen molar-refractivity contribution in [3.8, 4) is 0 Å². The molecule has 1 rings (SSSR count). The Hall–Kier alpha value is -1.79. The lowest BCUT2D eigenvalue weighted by Gasteiger charge is -2.20. The Balaban J connectivity index is 2.38. The maximum atomic E-state index is 11.8. The second-order valence-electron chi connectivity index (χ2n) is 4.81. The molecule has 1 saturated carbocycles. The molecule has 1 fully saturated rings. The number of likely N-dealkylation sites (N-methyl/N-ethyl adjacent to an activating group) is 1. The van der Waals surface area contributed by atoms with Crippen LogP contribution in [0.2, 0.25) is 0 Å². The van der Waals surface area contributed by atoms with Crippen LogP contribution in [0.1, 0.15) is 26.2 Å². The number of carboxylic acids is 1. The fraction of sp³-hybridized carbons (Fsp3) is 0.750. The zero-order valence-electron chi connectivity index (χ0n) is 11.3. The van der Waals surface area contributed by atoms with Gasteiger partial charge in [0, 0.05) is 13.6 Å². The van der Waals surface area contributed by atoms with Crippen LogP contribution in [0, 0.1) is 5.92 Å². The maximum Gasteiger partial charge on any atom is 0.326 e. The zero-order valence-corrected chi connectivity index (χ0v) is 11.3. The monoisotopic (exact) mass is 271 g/mol. The van der Waals surface area contributed by atoms with Crippen LogP contribution >= 0.6 is 0 Å². The summed E-state index contributed by atoms with van der Waals surface area (Å²) in [6.07, 6.45) is 2.46. The number of carboxylic acid groups (broad SMARTS) is 1. The summed E-state index contributed by atoms with van der Waals surface area (Å²) in [6, 6.07) is -1.39. The van der Waals surface area contributed by atoms with Crippen LogP contribution in [-0.2, 0) is 9.59 Å². The number of aliphatic carboxylic acids is 1. The molecule has 0 bridgehead atoms. The van der Waals surface area contributed by atoms with E-state index in [1.807, 2.05) is 6.92 Å². The Morgan fingerprint density at radius 3 is 2.47 bits per heavy atom. The predicted molar refractivity (Wildman–Crippen MR) is 68.6 cm³/mol. The van der Waals surface area contributed by atoms with Crippen molar-refractivity contribution in [1.82, 2.24) is 15.5 Å². The topological polar surface area (TPSA) is 98.7 Å². The molecule has 7 heteroatoms. The number of hydrogen-bond donors (Lipinski definition) is 3. The van der Waals surface area contributed by atoms with Crippen molar-refractivity contribution in [2.45, 2.75) is 32.2 Å². The Labute approximate surface area is 112 Å².